The maximum atomic E-state index is 10.2. The monoisotopic (exact) mass is 166 g/mol. The number of carbonyl (C=O) groups excluding carboxylic acids is 1. The Kier molecular flexibility index (Phi) is 2.45. The lowest BCUT2D eigenvalue weighted by atomic mass is 10.1. The van der Waals surface area contributed by atoms with Crippen LogP contribution in [0.2, 0.25) is 0 Å². The summed E-state index contributed by atoms with van der Waals surface area (Å²) in [5.41, 5.74) is 1.18. The Morgan fingerprint density at radius 1 is 1.83 bits per heavy atom. The molecule has 64 valence electrons. The number of hydrogen-bond acceptors (Lipinski definition) is 3. The molecule has 1 rings (SSSR count). The zero-order valence-corrected chi connectivity index (χ0v) is 6.78. The number of rotatable bonds is 3. The molecule has 0 aliphatic carbocycles. The first-order valence-electron chi connectivity index (χ1n) is 3.52. The molecule has 1 aromatic heterocycles. The van der Waals surface area contributed by atoms with Gasteiger partial charge in [0.25, 0.3) is 0 Å². The van der Waals surface area contributed by atoms with Crippen molar-refractivity contribution in [2.45, 2.75) is 13.0 Å². The van der Waals surface area contributed by atoms with Gasteiger partial charge in [-0.25, -0.2) is 0 Å². The summed E-state index contributed by atoms with van der Waals surface area (Å²) in [6.45, 7) is 5.29. The molecule has 1 atom stereocenters. The van der Waals surface area contributed by atoms with Gasteiger partial charge in [-0.2, -0.15) is 0 Å². The van der Waals surface area contributed by atoms with Gasteiger partial charge in [0.15, 0.2) is 12.0 Å². The van der Waals surface area contributed by atoms with Gasteiger partial charge in [-0.05, 0) is 18.6 Å². The van der Waals surface area contributed by atoms with Crippen molar-refractivity contribution >= 4 is 6.29 Å². The van der Waals surface area contributed by atoms with Crippen molar-refractivity contribution in [1.82, 2.24) is 0 Å². The van der Waals surface area contributed by atoms with Gasteiger partial charge in [-0.3, -0.25) is 4.79 Å². The maximum absolute atomic E-state index is 10.2. The van der Waals surface area contributed by atoms with Crippen molar-refractivity contribution in [3.05, 3.63) is 35.8 Å². The number of carbonyl (C=O) groups is 1. The summed E-state index contributed by atoms with van der Waals surface area (Å²) in [4.78, 5) is 10.2. The topological polar surface area (TPSA) is 50.4 Å². The number of hydrogen-bond donors (Lipinski definition) is 1. The SMILES string of the molecule is C=C(C)C(O)c1coc(C=O)c1. The predicted molar refractivity (Wildman–Crippen MR) is 43.9 cm³/mol. The van der Waals surface area contributed by atoms with Crippen LogP contribution in [0.15, 0.2) is 28.9 Å². The molecule has 1 N–H and O–H groups in total. The van der Waals surface area contributed by atoms with Gasteiger partial charge >= 0.3 is 0 Å². The summed E-state index contributed by atoms with van der Waals surface area (Å²) in [5.74, 6) is 0.213. The Bertz CT molecular complexity index is 298. The lowest BCUT2D eigenvalue weighted by Crippen LogP contribution is -1.95. The third-order valence-corrected chi connectivity index (χ3v) is 1.54. The predicted octanol–water partition coefficient (Wildman–Crippen LogP) is 1.70. The van der Waals surface area contributed by atoms with Crippen LogP contribution in [0.4, 0.5) is 0 Å². The van der Waals surface area contributed by atoms with Gasteiger partial charge < -0.3 is 9.52 Å². The van der Waals surface area contributed by atoms with Crippen molar-refractivity contribution in [1.29, 1.82) is 0 Å². The normalized spacial score (nSPS) is 12.5. The van der Waals surface area contributed by atoms with E-state index in [0.717, 1.165) is 0 Å². The quantitative estimate of drug-likeness (QED) is 0.549. The summed E-state index contributed by atoms with van der Waals surface area (Å²) in [7, 11) is 0. The van der Waals surface area contributed by atoms with Crippen molar-refractivity contribution in [3.63, 3.8) is 0 Å². The van der Waals surface area contributed by atoms with Gasteiger partial charge in [0.1, 0.15) is 6.10 Å². The van der Waals surface area contributed by atoms with Crippen LogP contribution in [0.25, 0.3) is 0 Å². The number of aliphatic hydroxyl groups is 1. The second-order valence-electron chi connectivity index (χ2n) is 2.65. The number of aldehydes is 1. The minimum atomic E-state index is -0.748. The molecular weight excluding hydrogens is 156 g/mol. The van der Waals surface area contributed by atoms with Crippen LogP contribution in [-0.2, 0) is 0 Å². The van der Waals surface area contributed by atoms with E-state index in [1.165, 1.54) is 12.3 Å². The minimum Gasteiger partial charge on any atom is -0.461 e. The van der Waals surface area contributed by atoms with Crippen LogP contribution < -0.4 is 0 Å². The second kappa shape index (κ2) is 3.36. The summed E-state index contributed by atoms with van der Waals surface area (Å²) >= 11 is 0. The molecule has 0 bridgehead atoms. The molecule has 1 unspecified atom stereocenters. The van der Waals surface area contributed by atoms with E-state index < -0.39 is 6.10 Å². The molecule has 0 saturated heterocycles. The first kappa shape index (κ1) is 8.74. The standard InChI is InChI=1S/C9H10O3/c1-6(2)9(11)7-3-8(4-10)12-5-7/h3-5,9,11H,1H2,2H3. The van der Waals surface area contributed by atoms with Crippen molar-refractivity contribution in [3.8, 4) is 0 Å². The lowest BCUT2D eigenvalue weighted by Gasteiger charge is -2.05. The Labute approximate surface area is 70.3 Å². The molecule has 1 aromatic rings. The van der Waals surface area contributed by atoms with E-state index in [-0.39, 0.29) is 5.76 Å². The molecule has 0 aromatic carbocycles. The molecule has 3 heteroatoms. The Balaban J connectivity index is 2.88. The van der Waals surface area contributed by atoms with Crippen molar-refractivity contribution in [2.24, 2.45) is 0 Å². The fourth-order valence-corrected chi connectivity index (χ4v) is 0.858. The van der Waals surface area contributed by atoms with E-state index in [9.17, 15) is 9.90 Å². The van der Waals surface area contributed by atoms with Crippen LogP contribution in [0.3, 0.4) is 0 Å². The number of aliphatic hydroxyl groups excluding tert-OH is 1. The van der Waals surface area contributed by atoms with E-state index in [1.807, 2.05) is 0 Å². The van der Waals surface area contributed by atoms with Crippen molar-refractivity contribution in [2.75, 3.05) is 0 Å². The third kappa shape index (κ3) is 1.62. The van der Waals surface area contributed by atoms with Crippen LogP contribution in [-0.4, -0.2) is 11.4 Å². The zero-order valence-electron chi connectivity index (χ0n) is 6.78. The molecule has 0 fully saturated rings. The largest absolute Gasteiger partial charge is 0.461 e. The zero-order chi connectivity index (χ0) is 9.14. The second-order valence-corrected chi connectivity index (χ2v) is 2.65. The highest BCUT2D eigenvalue weighted by molar-refractivity contribution is 5.70. The fourth-order valence-electron chi connectivity index (χ4n) is 0.858. The molecule has 1 heterocycles. The van der Waals surface area contributed by atoms with E-state index in [1.54, 1.807) is 6.92 Å². The summed E-state index contributed by atoms with van der Waals surface area (Å²) in [6, 6.07) is 1.49. The van der Waals surface area contributed by atoms with Crippen LogP contribution in [0.1, 0.15) is 29.1 Å². The molecule has 12 heavy (non-hydrogen) atoms. The third-order valence-electron chi connectivity index (χ3n) is 1.54. The molecule has 0 amide bonds. The fraction of sp³-hybridized carbons (Fsp3) is 0.222. The average molecular weight is 166 g/mol. The van der Waals surface area contributed by atoms with E-state index in [0.29, 0.717) is 17.4 Å². The van der Waals surface area contributed by atoms with Crippen molar-refractivity contribution < 1.29 is 14.3 Å². The molecule has 0 saturated carbocycles. The highest BCUT2D eigenvalue weighted by atomic mass is 16.3. The summed E-state index contributed by atoms with van der Waals surface area (Å²) in [6.07, 6.45) is 1.19. The Morgan fingerprint density at radius 2 is 2.50 bits per heavy atom. The lowest BCUT2D eigenvalue weighted by molar-refractivity contribution is 0.110. The van der Waals surface area contributed by atoms with Gasteiger partial charge in [0.05, 0.1) is 6.26 Å². The highest BCUT2D eigenvalue weighted by Crippen LogP contribution is 2.21. The summed E-state index contributed by atoms with van der Waals surface area (Å²) in [5, 5.41) is 9.43. The van der Waals surface area contributed by atoms with Gasteiger partial charge in [-0.1, -0.05) is 6.58 Å². The van der Waals surface area contributed by atoms with Gasteiger partial charge in [0.2, 0.25) is 0 Å². The van der Waals surface area contributed by atoms with E-state index >= 15 is 0 Å². The Morgan fingerprint density at radius 3 is 2.92 bits per heavy atom. The minimum absolute atomic E-state index is 0.213. The smallest absolute Gasteiger partial charge is 0.185 e. The molecule has 3 nitrogen and oxygen atoms in total. The van der Waals surface area contributed by atoms with E-state index in [2.05, 4.69) is 6.58 Å². The van der Waals surface area contributed by atoms with Crippen LogP contribution in [0, 0.1) is 0 Å². The average Bonchev–Trinajstić information content (AvgIpc) is 2.50. The van der Waals surface area contributed by atoms with Gasteiger partial charge in [0, 0.05) is 5.56 Å². The van der Waals surface area contributed by atoms with E-state index in [4.69, 9.17) is 4.42 Å². The first-order chi connectivity index (χ1) is 5.65. The first-order valence-corrected chi connectivity index (χ1v) is 3.52. The van der Waals surface area contributed by atoms with Crippen LogP contribution in [0.5, 0.6) is 0 Å². The number of furan rings is 1. The van der Waals surface area contributed by atoms with Gasteiger partial charge in [-0.15, -0.1) is 0 Å². The molecule has 0 spiro atoms. The molecule has 0 aliphatic heterocycles. The molecular formula is C9H10O3. The molecule has 0 radical (unpaired) electrons. The van der Waals surface area contributed by atoms with Crippen LogP contribution >= 0.6 is 0 Å². The highest BCUT2D eigenvalue weighted by Gasteiger charge is 2.10. The Hall–Kier alpha value is -1.35. The summed E-state index contributed by atoms with van der Waals surface area (Å²) < 4.78 is 4.82. The maximum Gasteiger partial charge on any atom is 0.185 e. The molecule has 0 aliphatic rings.